The number of thioether (sulfide) groups is 1. The minimum absolute atomic E-state index is 0.534. The first-order valence-electron chi connectivity index (χ1n) is 7.14. The minimum Gasteiger partial charge on any atom is -0.384 e. The monoisotopic (exact) mass is 280 g/mol. The highest BCUT2D eigenvalue weighted by molar-refractivity contribution is 7.99. The van der Waals surface area contributed by atoms with Crippen molar-refractivity contribution in [1.82, 2.24) is 9.97 Å². The number of hydrogen-bond acceptors (Lipinski definition) is 5. The van der Waals surface area contributed by atoms with Gasteiger partial charge in [-0.25, -0.2) is 9.97 Å². The highest BCUT2D eigenvalue weighted by atomic mass is 32.2. The topological polar surface area (TPSA) is 63.8 Å². The highest BCUT2D eigenvalue weighted by Crippen LogP contribution is 2.28. The number of nitrogen functional groups attached to an aromatic ring is 1. The predicted octanol–water partition coefficient (Wildman–Crippen LogP) is 3.10. The fourth-order valence-corrected chi connectivity index (χ4v) is 3.32. The quantitative estimate of drug-likeness (QED) is 0.867. The molecule has 1 aromatic heterocycles. The van der Waals surface area contributed by atoms with Gasteiger partial charge in [-0.1, -0.05) is 6.92 Å². The van der Waals surface area contributed by atoms with E-state index in [-0.39, 0.29) is 0 Å². The van der Waals surface area contributed by atoms with E-state index in [1.54, 1.807) is 0 Å². The van der Waals surface area contributed by atoms with Crippen LogP contribution in [0.2, 0.25) is 0 Å². The molecule has 1 heterocycles. The molecule has 0 radical (unpaired) electrons. The van der Waals surface area contributed by atoms with Gasteiger partial charge in [0.05, 0.1) is 0 Å². The molecule has 19 heavy (non-hydrogen) atoms. The zero-order valence-electron chi connectivity index (χ0n) is 11.9. The number of nitrogens with zero attached hydrogens (tertiary/aromatic N) is 2. The molecule has 1 aliphatic carbocycles. The fraction of sp³-hybridized carbons (Fsp3) is 0.714. The van der Waals surface area contributed by atoms with Crippen LogP contribution in [0.25, 0.3) is 0 Å². The van der Waals surface area contributed by atoms with Gasteiger partial charge in [-0.05, 0) is 38.4 Å². The van der Waals surface area contributed by atoms with E-state index in [1.807, 2.05) is 17.8 Å². The van der Waals surface area contributed by atoms with E-state index >= 15 is 0 Å². The van der Waals surface area contributed by atoms with E-state index < -0.39 is 0 Å². The van der Waals surface area contributed by atoms with Crippen LogP contribution in [0.15, 0.2) is 6.07 Å². The van der Waals surface area contributed by atoms with Crippen LogP contribution in [0.3, 0.4) is 0 Å². The maximum atomic E-state index is 5.84. The Labute approximate surface area is 120 Å². The summed E-state index contributed by atoms with van der Waals surface area (Å²) in [6, 6.07) is 2.38. The van der Waals surface area contributed by atoms with Gasteiger partial charge in [-0.3, -0.25) is 0 Å². The second-order valence-corrected chi connectivity index (χ2v) is 6.34. The predicted molar refractivity (Wildman–Crippen MR) is 83.6 cm³/mol. The van der Waals surface area contributed by atoms with Crippen LogP contribution in [0, 0.1) is 0 Å². The Morgan fingerprint density at radius 2 is 2.05 bits per heavy atom. The van der Waals surface area contributed by atoms with Gasteiger partial charge in [0.25, 0.3) is 0 Å². The lowest BCUT2D eigenvalue weighted by Gasteiger charge is -2.28. The van der Waals surface area contributed by atoms with Crippen molar-refractivity contribution >= 4 is 23.4 Å². The molecule has 0 saturated heterocycles. The van der Waals surface area contributed by atoms with Crippen LogP contribution >= 0.6 is 11.8 Å². The Kier molecular flexibility index (Phi) is 5.31. The van der Waals surface area contributed by atoms with Crippen molar-refractivity contribution in [3.8, 4) is 0 Å². The minimum atomic E-state index is 0.534. The largest absolute Gasteiger partial charge is 0.384 e. The molecular weight excluding hydrogens is 256 g/mol. The lowest BCUT2D eigenvalue weighted by molar-refractivity contribution is 0.472. The molecule has 0 aromatic carbocycles. The number of aromatic nitrogens is 2. The zero-order chi connectivity index (χ0) is 13.7. The van der Waals surface area contributed by atoms with E-state index in [1.165, 1.54) is 25.7 Å². The molecule has 1 aromatic rings. The van der Waals surface area contributed by atoms with Crippen molar-refractivity contribution in [3.05, 3.63) is 11.9 Å². The number of nitrogens with two attached hydrogens (primary N) is 1. The van der Waals surface area contributed by atoms with E-state index in [2.05, 4.69) is 28.5 Å². The normalized spacial score (nSPS) is 23.3. The van der Waals surface area contributed by atoms with Gasteiger partial charge in [-0.15, -0.1) is 0 Å². The third kappa shape index (κ3) is 4.27. The van der Waals surface area contributed by atoms with Gasteiger partial charge < -0.3 is 11.1 Å². The molecule has 106 valence electrons. The average Bonchev–Trinajstić information content (AvgIpc) is 2.39. The fourth-order valence-electron chi connectivity index (χ4n) is 2.58. The Hall–Kier alpha value is -0.970. The number of rotatable bonds is 5. The molecule has 1 saturated carbocycles. The summed E-state index contributed by atoms with van der Waals surface area (Å²) in [7, 11) is 0. The molecule has 0 unspecified atom stereocenters. The Balaban J connectivity index is 1.95. The van der Waals surface area contributed by atoms with Crippen molar-refractivity contribution in [2.75, 3.05) is 17.3 Å². The summed E-state index contributed by atoms with van der Waals surface area (Å²) in [4.78, 5) is 8.81. The molecule has 1 fully saturated rings. The van der Waals surface area contributed by atoms with E-state index in [4.69, 9.17) is 5.73 Å². The summed E-state index contributed by atoms with van der Waals surface area (Å²) < 4.78 is 0. The standard InChI is InChI=1S/C14H24N4S/c1-3-4-13-17-12(15)9-14(18-13)16-10-5-7-11(19-2)8-6-10/h9-11H,3-8H2,1-2H3,(H3,15,16,17,18). The van der Waals surface area contributed by atoms with Gasteiger partial charge in [0.1, 0.15) is 17.5 Å². The first-order valence-corrected chi connectivity index (χ1v) is 8.42. The summed E-state index contributed by atoms with van der Waals surface area (Å²) >= 11 is 1.99. The van der Waals surface area contributed by atoms with Gasteiger partial charge in [-0.2, -0.15) is 11.8 Å². The van der Waals surface area contributed by atoms with Crippen LogP contribution in [-0.4, -0.2) is 27.5 Å². The van der Waals surface area contributed by atoms with Crippen molar-refractivity contribution < 1.29 is 0 Å². The molecule has 0 bridgehead atoms. The van der Waals surface area contributed by atoms with Crippen molar-refractivity contribution in [2.24, 2.45) is 0 Å². The third-order valence-corrected chi connectivity index (χ3v) is 4.76. The maximum absolute atomic E-state index is 5.84. The van der Waals surface area contributed by atoms with E-state index in [0.717, 1.165) is 29.7 Å². The zero-order valence-corrected chi connectivity index (χ0v) is 12.7. The summed E-state index contributed by atoms with van der Waals surface area (Å²) in [5.41, 5.74) is 5.84. The van der Waals surface area contributed by atoms with Crippen LogP contribution in [-0.2, 0) is 6.42 Å². The van der Waals surface area contributed by atoms with E-state index in [0.29, 0.717) is 11.9 Å². The Morgan fingerprint density at radius 1 is 1.32 bits per heavy atom. The molecule has 0 amide bonds. The summed E-state index contributed by atoms with van der Waals surface area (Å²) in [5, 5.41) is 4.36. The Bertz CT molecular complexity index is 402. The van der Waals surface area contributed by atoms with Crippen molar-refractivity contribution in [3.63, 3.8) is 0 Å². The van der Waals surface area contributed by atoms with Gasteiger partial charge in [0, 0.05) is 23.8 Å². The molecule has 5 heteroatoms. The lowest BCUT2D eigenvalue weighted by atomic mass is 9.95. The SMILES string of the molecule is CCCc1nc(N)cc(NC2CCC(SC)CC2)n1. The number of anilines is 2. The molecule has 4 nitrogen and oxygen atoms in total. The first kappa shape index (κ1) is 14.4. The maximum Gasteiger partial charge on any atom is 0.133 e. The molecule has 3 N–H and O–H groups in total. The van der Waals surface area contributed by atoms with Crippen molar-refractivity contribution in [1.29, 1.82) is 0 Å². The van der Waals surface area contributed by atoms with Gasteiger partial charge >= 0.3 is 0 Å². The second-order valence-electron chi connectivity index (χ2n) is 5.20. The smallest absolute Gasteiger partial charge is 0.133 e. The average molecular weight is 280 g/mol. The molecule has 0 aliphatic heterocycles. The van der Waals surface area contributed by atoms with Gasteiger partial charge in [0.2, 0.25) is 0 Å². The van der Waals surface area contributed by atoms with Crippen LogP contribution in [0.5, 0.6) is 0 Å². The molecule has 1 aliphatic rings. The summed E-state index contributed by atoms with van der Waals surface area (Å²) in [6.07, 6.45) is 9.17. The molecular formula is C14H24N4S. The van der Waals surface area contributed by atoms with Crippen molar-refractivity contribution in [2.45, 2.75) is 56.7 Å². The van der Waals surface area contributed by atoms with Crippen LogP contribution in [0.4, 0.5) is 11.6 Å². The third-order valence-electron chi connectivity index (χ3n) is 3.63. The van der Waals surface area contributed by atoms with Crippen LogP contribution in [0.1, 0.15) is 44.9 Å². The summed E-state index contributed by atoms with van der Waals surface area (Å²) in [6.45, 7) is 2.13. The number of hydrogen-bond donors (Lipinski definition) is 2. The second kappa shape index (κ2) is 6.98. The summed E-state index contributed by atoms with van der Waals surface area (Å²) in [5.74, 6) is 2.31. The lowest BCUT2D eigenvalue weighted by Crippen LogP contribution is -2.27. The van der Waals surface area contributed by atoms with Gasteiger partial charge in [0.15, 0.2) is 0 Å². The highest BCUT2D eigenvalue weighted by Gasteiger charge is 2.20. The number of aryl methyl sites for hydroxylation is 1. The molecule has 2 rings (SSSR count). The Morgan fingerprint density at radius 3 is 2.68 bits per heavy atom. The van der Waals surface area contributed by atoms with E-state index in [9.17, 15) is 0 Å². The number of nitrogens with one attached hydrogen (secondary N) is 1. The molecule has 0 spiro atoms. The first-order chi connectivity index (χ1) is 9.21. The molecule has 0 atom stereocenters. The van der Waals surface area contributed by atoms with Crippen LogP contribution < -0.4 is 11.1 Å².